The second-order valence-corrected chi connectivity index (χ2v) is 4.06. The molecule has 1 atom stereocenters. The monoisotopic (exact) mass is 251 g/mol. The number of carbonyl (C=O) groups is 1. The van der Waals surface area contributed by atoms with Crippen molar-refractivity contribution in [3.05, 3.63) is 71.8 Å². The molecule has 94 valence electrons. The molecule has 0 spiro atoms. The van der Waals surface area contributed by atoms with Gasteiger partial charge in [0.05, 0.1) is 11.6 Å². The fourth-order valence-electron chi connectivity index (χ4n) is 1.71. The molecule has 3 nitrogen and oxygen atoms in total. The Labute approximate surface area is 112 Å². The lowest BCUT2D eigenvalue weighted by atomic mass is 10.0. The summed E-state index contributed by atoms with van der Waals surface area (Å²) in [6.45, 7) is 0.0637. The molecular formula is C16H13NO2. The zero-order chi connectivity index (χ0) is 13.5. The summed E-state index contributed by atoms with van der Waals surface area (Å²) in [5.74, 6) is -0.842. The second-order valence-electron chi connectivity index (χ2n) is 4.06. The lowest BCUT2D eigenvalue weighted by Crippen LogP contribution is -2.12. The van der Waals surface area contributed by atoms with Crippen LogP contribution in [0.15, 0.2) is 60.7 Å². The predicted octanol–water partition coefficient (Wildman–Crippen LogP) is 3.15. The van der Waals surface area contributed by atoms with Crippen molar-refractivity contribution in [3.8, 4) is 6.07 Å². The summed E-state index contributed by atoms with van der Waals surface area (Å²) in [4.78, 5) is 11.8. The molecule has 2 aromatic rings. The van der Waals surface area contributed by atoms with Gasteiger partial charge in [0.25, 0.3) is 0 Å². The third kappa shape index (κ3) is 3.43. The van der Waals surface area contributed by atoms with E-state index in [2.05, 4.69) is 6.07 Å². The second kappa shape index (κ2) is 6.36. The number of nitrogens with zero attached hydrogens (tertiary/aromatic N) is 1. The molecule has 0 aromatic heterocycles. The summed E-state index contributed by atoms with van der Waals surface area (Å²) in [5, 5.41) is 9.12. The Morgan fingerprint density at radius 2 is 1.63 bits per heavy atom. The Kier molecular flexibility index (Phi) is 4.30. The Balaban J connectivity index is 1.98. The first-order valence-electron chi connectivity index (χ1n) is 5.98. The van der Waals surface area contributed by atoms with Crippen molar-refractivity contribution in [2.24, 2.45) is 0 Å². The molecule has 0 saturated carbocycles. The van der Waals surface area contributed by atoms with Crippen LogP contribution in [0.5, 0.6) is 0 Å². The maximum atomic E-state index is 11.8. The van der Waals surface area contributed by atoms with Gasteiger partial charge < -0.3 is 4.74 Å². The summed E-state index contributed by atoms with van der Waals surface area (Å²) in [7, 11) is 0. The van der Waals surface area contributed by atoms with Crippen LogP contribution in [-0.4, -0.2) is 12.6 Å². The fraction of sp³-hybridized carbons (Fsp3) is 0.125. The number of carbonyl (C=O) groups excluding carboxylic acids is 1. The van der Waals surface area contributed by atoms with Gasteiger partial charge in [0.15, 0.2) is 0 Å². The minimum atomic E-state index is -0.436. The maximum Gasteiger partial charge on any atom is 0.338 e. The highest BCUT2D eigenvalue weighted by atomic mass is 16.5. The van der Waals surface area contributed by atoms with Crippen molar-refractivity contribution in [3.63, 3.8) is 0 Å². The van der Waals surface area contributed by atoms with E-state index in [0.717, 1.165) is 5.56 Å². The molecule has 0 fully saturated rings. The Morgan fingerprint density at radius 1 is 1.05 bits per heavy atom. The number of hydrogen-bond donors (Lipinski definition) is 0. The van der Waals surface area contributed by atoms with E-state index >= 15 is 0 Å². The van der Waals surface area contributed by atoms with Crippen molar-refractivity contribution in [2.45, 2.75) is 5.92 Å². The van der Waals surface area contributed by atoms with Gasteiger partial charge in [-0.05, 0) is 17.7 Å². The lowest BCUT2D eigenvalue weighted by Gasteiger charge is -2.10. The SMILES string of the molecule is N#CC(COC(=O)c1ccccc1)c1ccccc1. The molecule has 0 N–H and O–H groups in total. The number of rotatable bonds is 4. The van der Waals surface area contributed by atoms with Gasteiger partial charge in [-0.25, -0.2) is 4.79 Å². The van der Waals surface area contributed by atoms with E-state index in [9.17, 15) is 4.79 Å². The molecule has 0 aliphatic rings. The number of hydrogen-bond acceptors (Lipinski definition) is 3. The minimum absolute atomic E-state index is 0.0637. The third-order valence-electron chi connectivity index (χ3n) is 2.75. The number of esters is 1. The van der Waals surface area contributed by atoms with Crippen molar-refractivity contribution < 1.29 is 9.53 Å². The first-order valence-corrected chi connectivity index (χ1v) is 5.98. The quantitative estimate of drug-likeness (QED) is 0.784. The van der Waals surface area contributed by atoms with Gasteiger partial charge >= 0.3 is 5.97 Å². The Morgan fingerprint density at radius 3 is 2.21 bits per heavy atom. The average Bonchev–Trinajstić information content (AvgIpc) is 2.49. The fourth-order valence-corrected chi connectivity index (χ4v) is 1.71. The Bertz CT molecular complexity index is 573. The van der Waals surface area contributed by atoms with E-state index in [-0.39, 0.29) is 6.61 Å². The highest BCUT2D eigenvalue weighted by molar-refractivity contribution is 5.89. The van der Waals surface area contributed by atoms with Crippen LogP contribution in [0.1, 0.15) is 21.8 Å². The van der Waals surface area contributed by atoms with Gasteiger partial charge in [-0.2, -0.15) is 5.26 Å². The average molecular weight is 251 g/mol. The zero-order valence-electron chi connectivity index (χ0n) is 10.3. The molecule has 0 bridgehead atoms. The standard InChI is InChI=1S/C16H13NO2/c17-11-15(13-7-3-1-4-8-13)12-19-16(18)14-9-5-2-6-10-14/h1-10,15H,12H2. The van der Waals surface area contributed by atoms with Crippen molar-refractivity contribution in [1.82, 2.24) is 0 Å². The van der Waals surface area contributed by atoms with Gasteiger partial charge in [0, 0.05) is 0 Å². The zero-order valence-corrected chi connectivity index (χ0v) is 10.3. The summed E-state index contributed by atoms with van der Waals surface area (Å²) >= 11 is 0. The lowest BCUT2D eigenvalue weighted by molar-refractivity contribution is 0.0497. The highest BCUT2D eigenvalue weighted by Crippen LogP contribution is 2.15. The van der Waals surface area contributed by atoms with Gasteiger partial charge in [-0.15, -0.1) is 0 Å². The van der Waals surface area contributed by atoms with Crippen LogP contribution in [0.2, 0.25) is 0 Å². The topological polar surface area (TPSA) is 50.1 Å². The number of ether oxygens (including phenoxy) is 1. The van der Waals surface area contributed by atoms with Crippen LogP contribution in [-0.2, 0) is 4.74 Å². The Hall–Kier alpha value is -2.60. The van der Waals surface area contributed by atoms with Crippen molar-refractivity contribution >= 4 is 5.97 Å². The molecule has 1 unspecified atom stereocenters. The first-order chi connectivity index (χ1) is 9.31. The molecule has 0 heterocycles. The smallest absolute Gasteiger partial charge is 0.338 e. The van der Waals surface area contributed by atoms with E-state index in [1.54, 1.807) is 24.3 Å². The van der Waals surface area contributed by atoms with E-state index < -0.39 is 11.9 Å². The third-order valence-corrected chi connectivity index (χ3v) is 2.75. The molecule has 2 aromatic carbocycles. The molecule has 0 amide bonds. The van der Waals surface area contributed by atoms with Gasteiger partial charge in [0.2, 0.25) is 0 Å². The largest absolute Gasteiger partial charge is 0.460 e. The molecule has 3 heteroatoms. The van der Waals surface area contributed by atoms with Gasteiger partial charge in [-0.3, -0.25) is 0 Å². The van der Waals surface area contributed by atoms with Crippen LogP contribution in [0.3, 0.4) is 0 Å². The number of nitriles is 1. The van der Waals surface area contributed by atoms with E-state index in [1.807, 2.05) is 36.4 Å². The predicted molar refractivity (Wildman–Crippen MR) is 71.5 cm³/mol. The molecule has 2 rings (SSSR count). The molecule has 0 radical (unpaired) electrons. The molecule has 19 heavy (non-hydrogen) atoms. The van der Waals surface area contributed by atoms with Crippen LogP contribution in [0, 0.1) is 11.3 Å². The summed E-state index contributed by atoms with van der Waals surface area (Å²) < 4.78 is 5.17. The van der Waals surface area contributed by atoms with Gasteiger partial charge in [0.1, 0.15) is 12.5 Å². The summed E-state index contributed by atoms with van der Waals surface area (Å²) in [6.07, 6.45) is 0. The molecule has 0 aliphatic heterocycles. The highest BCUT2D eigenvalue weighted by Gasteiger charge is 2.14. The van der Waals surface area contributed by atoms with Crippen LogP contribution >= 0.6 is 0 Å². The first kappa shape index (κ1) is 12.8. The maximum absolute atomic E-state index is 11.8. The van der Waals surface area contributed by atoms with Crippen molar-refractivity contribution in [2.75, 3.05) is 6.61 Å². The summed E-state index contributed by atoms with van der Waals surface area (Å²) in [5.41, 5.74) is 1.35. The summed E-state index contributed by atoms with van der Waals surface area (Å²) in [6, 6.07) is 20.2. The molecular weight excluding hydrogens is 238 g/mol. The van der Waals surface area contributed by atoms with Crippen LogP contribution < -0.4 is 0 Å². The van der Waals surface area contributed by atoms with Crippen LogP contribution in [0.4, 0.5) is 0 Å². The molecule has 0 aliphatic carbocycles. The normalized spacial score (nSPS) is 11.3. The van der Waals surface area contributed by atoms with E-state index in [0.29, 0.717) is 5.56 Å². The number of benzene rings is 2. The van der Waals surface area contributed by atoms with Gasteiger partial charge in [-0.1, -0.05) is 48.5 Å². The van der Waals surface area contributed by atoms with Crippen molar-refractivity contribution in [1.29, 1.82) is 5.26 Å². The van der Waals surface area contributed by atoms with E-state index in [4.69, 9.17) is 10.00 Å². The molecule has 0 saturated heterocycles. The van der Waals surface area contributed by atoms with E-state index in [1.165, 1.54) is 0 Å². The minimum Gasteiger partial charge on any atom is -0.460 e. The van der Waals surface area contributed by atoms with Crippen LogP contribution in [0.25, 0.3) is 0 Å².